The maximum Gasteiger partial charge on any atom is 0.309 e. The van der Waals surface area contributed by atoms with E-state index in [1.807, 2.05) is 13.0 Å². The van der Waals surface area contributed by atoms with Crippen LogP contribution in [-0.4, -0.2) is 22.0 Å². The van der Waals surface area contributed by atoms with E-state index in [0.29, 0.717) is 6.54 Å². The molecular weight excluding hydrogens is 232 g/mol. The zero-order valence-corrected chi connectivity index (χ0v) is 10.9. The first-order valence-corrected chi connectivity index (χ1v) is 5.72. The highest BCUT2D eigenvalue weighted by Gasteiger charge is 2.29. The van der Waals surface area contributed by atoms with Gasteiger partial charge in [-0.2, -0.15) is 0 Å². The van der Waals surface area contributed by atoms with Crippen molar-refractivity contribution in [2.45, 2.75) is 33.7 Å². The molecule has 0 fully saturated rings. The largest absolute Gasteiger partial charge is 0.481 e. The van der Waals surface area contributed by atoms with E-state index in [1.54, 1.807) is 12.4 Å². The molecule has 1 rings (SSSR count). The summed E-state index contributed by atoms with van der Waals surface area (Å²) in [4.78, 5) is 26.5. The van der Waals surface area contributed by atoms with Gasteiger partial charge >= 0.3 is 5.97 Å². The molecule has 0 bridgehead atoms. The van der Waals surface area contributed by atoms with Gasteiger partial charge in [0.15, 0.2) is 0 Å². The number of carbonyl (C=O) groups is 2. The highest BCUT2D eigenvalue weighted by atomic mass is 16.4. The molecule has 0 spiro atoms. The molecule has 0 radical (unpaired) electrons. The molecule has 1 aromatic rings. The Labute approximate surface area is 106 Å². The fourth-order valence-electron chi connectivity index (χ4n) is 1.42. The second-order valence-corrected chi connectivity index (χ2v) is 4.94. The molecule has 2 N–H and O–H groups in total. The molecule has 0 aromatic carbocycles. The van der Waals surface area contributed by atoms with Crippen LogP contribution in [0, 0.1) is 12.3 Å². The lowest BCUT2D eigenvalue weighted by Gasteiger charge is -2.18. The summed E-state index contributed by atoms with van der Waals surface area (Å²) in [6, 6.07) is 1.86. The quantitative estimate of drug-likeness (QED) is 0.830. The number of rotatable bonds is 5. The number of carbonyl (C=O) groups excluding carboxylic acids is 1. The average Bonchev–Trinajstić information content (AvgIpc) is 2.27. The Bertz CT molecular complexity index is 455. The number of nitrogens with one attached hydrogen (secondary N) is 1. The molecule has 0 unspecified atom stereocenters. The van der Waals surface area contributed by atoms with Gasteiger partial charge in [0, 0.05) is 25.4 Å². The summed E-state index contributed by atoms with van der Waals surface area (Å²) in [5.41, 5.74) is 0.926. The fraction of sp³-hybridized carbons (Fsp3) is 0.462. The van der Waals surface area contributed by atoms with E-state index in [0.717, 1.165) is 11.1 Å². The van der Waals surface area contributed by atoms with Crippen molar-refractivity contribution in [3.8, 4) is 0 Å². The van der Waals surface area contributed by atoms with Gasteiger partial charge < -0.3 is 10.4 Å². The number of hydrogen-bond donors (Lipinski definition) is 2. The number of aryl methyl sites for hydroxylation is 1. The molecule has 0 aliphatic rings. The molecule has 1 heterocycles. The van der Waals surface area contributed by atoms with Gasteiger partial charge in [0.05, 0.1) is 5.41 Å². The third-order valence-corrected chi connectivity index (χ3v) is 2.80. The number of carboxylic acids is 1. The number of amides is 1. The van der Waals surface area contributed by atoms with Crippen molar-refractivity contribution in [2.75, 3.05) is 0 Å². The van der Waals surface area contributed by atoms with Crippen molar-refractivity contribution in [1.29, 1.82) is 0 Å². The van der Waals surface area contributed by atoms with Crippen LogP contribution in [0.2, 0.25) is 0 Å². The van der Waals surface area contributed by atoms with Crippen molar-refractivity contribution in [3.05, 3.63) is 29.6 Å². The van der Waals surface area contributed by atoms with E-state index in [2.05, 4.69) is 10.3 Å². The minimum Gasteiger partial charge on any atom is -0.481 e. The van der Waals surface area contributed by atoms with E-state index in [1.165, 1.54) is 13.8 Å². The minimum atomic E-state index is -1.05. The van der Waals surface area contributed by atoms with Crippen LogP contribution < -0.4 is 5.32 Å². The van der Waals surface area contributed by atoms with Crippen LogP contribution >= 0.6 is 0 Å². The molecular formula is C13H18N2O3. The molecule has 0 atom stereocenters. The number of aromatic nitrogens is 1. The van der Waals surface area contributed by atoms with Crippen LogP contribution in [0.4, 0.5) is 0 Å². The summed E-state index contributed by atoms with van der Waals surface area (Å²) < 4.78 is 0. The molecule has 0 saturated heterocycles. The van der Waals surface area contributed by atoms with Gasteiger partial charge in [-0.15, -0.1) is 0 Å². The van der Waals surface area contributed by atoms with Crippen molar-refractivity contribution in [2.24, 2.45) is 5.41 Å². The zero-order chi connectivity index (χ0) is 13.8. The Morgan fingerprint density at radius 2 is 2.11 bits per heavy atom. The van der Waals surface area contributed by atoms with Crippen molar-refractivity contribution in [3.63, 3.8) is 0 Å². The zero-order valence-electron chi connectivity index (χ0n) is 10.9. The van der Waals surface area contributed by atoms with Crippen molar-refractivity contribution < 1.29 is 14.7 Å². The van der Waals surface area contributed by atoms with Gasteiger partial charge in [0.1, 0.15) is 0 Å². The second-order valence-electron chi connectivity index (χ2n) is 4.94. The van der Waals surface area contributed by atoms with Gasteiger partial charge in [0.25, 0.3) is 0 Å². The maximum atomic E-state index is 11.7. The van der Waals surface area contributed by atoms with Crippen LogP contribution in [-0.2, 0) is 16.1 Å². The summed E-state index contributed by atoms with van der Waals surface area (Å²) in [7, 11) is 0. The summed E-state index contributed by atoms with van der Waals surface area (Å²) in [6.45, 7) is 5.37. The summed E-state index contributed by atoms with van der Waals surface area (Å²) >= 11 is 0. The Morgan fingerprint density at radius 3 is 2.67 bits per heavy atom. The molecule has 5 nitrogen and oxygen atoms in total. The predicted octanol–water partition coefficient (Wildman–Crippen LogP) is 1.51. The SMILES string of the molecule is Cc1ccncc1CNC(=O)CC(C)(C)C(=O)O. The molecule has 5 heteroatoms. The van der Waals surface area contributed by atoms with Gasteiger partial charge in [-0.3, -0.25) is 14.6 Å². The third-order valence-electron chi connectivity index (χ3n) is 2.80. The normalized spacial score (nSPS) is 11.1. The summed E-state index contributed by atoms with van der Waals surface area (Å²) in [5.74, 6) is -1.25. The van der Waals surface area contributed by atoms with Crippen molar-refractivity contribution in [1.82, 2.24) is 10.3 Å². The monoisotopic (exact) mass is 250 g/mol. The van der Waals surface area contributed by atoms with Crippen LogP contribution in [0.5, 0.6) is 0 Å². The smallest absolute Gasteiger partial charge is 0.309 e. The lowest BCUT2D eigenvalue weighted by molar-refractivity contribution is -0.149. The van der Waals surface area contributed by atoms with E-state index in [-0.39, 0.29) is 12.3 Å². The molecule has 0 aliphatic carbocycles. The third kappa shape index (κ3) is 3.84. The molecule has 98 valence electrons. The highest BCUT2D eigenvalue weighted by molar-refractivity contribution is 5.84. The van der Waals surface area contributed by atoms with Crippen LogP contribution in [0.1, 0.15) is 31.4 Å². The number of pyridine rings is 1. The fourth-order valence-corrected chi connectivity index (χ4v) is 1.42. The van der Waals surface area contributed by atoms with Gasteiger partial charge in [-0.25, -0.2) is 0 Å². The number of hydrogen-bond acceptors (Lipinski definition) is 3. The van der Waals surface area contributed by atoms with E-state index in [4.69, 9.17) is 5.11 Å². The summed E-state index contributed by atoms with van der Waals surface area (Å²) in [5, 5.41) is 11.6. The van der Waals surface area contributed by atoms with E-state index in [9.17, 15) is 9.59 Å². The molecule has 0 saturated carbocycles. The van der Waals surface area contributed by atoms with Gasteiger partial charge in [0.2, 0.25) is 5.91 Å². The molecule has 18 heavy (non-hydrogen) atoms. The van der Waals surface area contributed by atoms with Crippen LogP contribution in [0.15, 0.2) is 18.5 Å². The number of nitrogens with zero attached hydrogens (tertiary/aromatic N) is 1. The highest BCUT2D eigenvalue weighted by Crippen LogP contribution is 2.20. The van der Waals surface area contributed by atoms with Crippen LogP contribution in [0.3, 0.4) is 0 Å². The molecule has 1 aromatic heterocycles. The molecule has 1 amide bonds. The van der Waals surface area contributed by atoms with E-state index >= 15 is 0 Å². The van der Waals surface area contributed by atoms with E-state index < -0.39 is 11.4 Å². The Hall–Kier alpha value is -1.91. The van der Waals surface area contributed by atoms with Crippen LogP contribution in [0.25, 0.3) is 0 Å². The van der Waals surface area contributed by atoms with Gasteiger partial charge in [-0.1, -0.05) is 0 Å². The minimum absolute atomic E-state index is 0.0400. The molecule has 0 aliphatic heterocycles. The maximum absolute atomic E-state index is 11.7. The number of aliphatic carboxylic acids is 1. The Morgan fingerprint density at radius 1 is 1.44 bits per heavy atom. The first-order chi connectivity index (χ1) is 8.33. The second kappa shape index (κ2) is 5.62. The summed E-state index contributed by atoms with van der Waals surface area (Å²) in [6.07, 6.45) is 3.34. The lowest BCUT2D eigenvalue weighted by Crippen LogP contribution is -2.33. The topological polar surface area (TPSA) is 79.3 Å². The standard InChI is InChI=1S/C13H18N2O3/c1-9-4-5-14-7-10(9)8-15-11(16)6-13(2,3)12(17)18/h4-5,7H,6,8H2,1-3H3,(H,15,16)(H,17,18). The van der Waals surface area contributed by atoms with Crippen molar-refractivity contribution >= 4 is 11.9 Å². The first kappa shape index (κ1) is 14.2. The number of carboxylic acid groups (broad SMARTS) is 1. The Balaban J connectivity index is 2.53. The average molecular weight is 250 g/mol. The first-order valence-electron chi connectivity index (χ1n) is 5.72. The lowest BCUT2D eigenvalue weighted by atomic mass is 9.89. The predicted molar refractivity (Wildman–Crippen MR) is 66.9 cm³/mol. The Kier molecular flexibility index (Phi) is 4.42. The van der Waals surface area contributed by atoms with Gasteiger partial charge in [-0.05, 0) is 38.0 Å².